The van der Waals surface area contributed by atoms with Crippen LogP contribution in [0.3, 0.4) is 0 Å². The van der Waals surface area contributed by atoms with Gasteiger partial charge in [0, 0.05) is 14.2 Å². The van der Waals surface area contributed by atoms with Gasteiger partial charge < -0.3 is 13.3 Å². The summed E-state index contributed by atoms with van der Waals surface area (Å²) >= 11 is 3.51. The molecule has 0 aliphatic rings. The predicted octanol–water partition coefficient (Wildman–Crippen LogP) is 1.22. The predicted molar refractivity (Wildman–Crippen MR) is 40.8 cm³/mol. The van der Waals surface area contributed by atoms with E-state index in [1.807, 2.05) is 0 Å². The highest BCUT2D eigenvalue weighted by atomic mass is 32.1. The highest BCUT2D eigenvalue weighted by Crippen LogP contribution is 2.30. The molecule has 0 aromatic rings. The molecule has 0 fully saturated rings. The van der Waals surface area contributed by atoms with Crippen LogP contribution < -0.4 is 0 Å². The molecule has 12 heavy (non-hydrogen) atoms. The second-order valence-electron chi connectivity index (χ2n) is 1.74. The molecule has 74 valence electrons. The molecule has 0 aliphatic heterocycles. The number of hydrogen-bond acceptors (Lipinski definition) is 4. The van der Waals surface area contributed by atoms with Gasteiger partial charge in [0.1, 0.15) is 0 Å². The first-order chi connectivity index (χ1) is 5.43. The molecule has 3 nitrogen and oxygen atoms in total. The third kappa shape index (κ3) is 2.36. The number of hydrogen-bond donors (Lipinski definition) is 1. The molecule has 0 bridgehead atoms. The second kappa shape index (κ2) is 4.47. The average Bonchev–Trinajstić information content (AvgIpc) is 1.98. The Morgan fingerprint density at radius 2 is 1.67 bits per heavy atom. The average molecular weight is 222 g/mol. The molecule has 0 spiro atoms. The molecule has 0 atom stereocenters. The van der Waals surface area contributed by atoms with E-state index in [0.29, 0.717) is 0 Å². The molecular formula is C4H9F3O3SSi. The fourth-order valence-corrected chi connectivity index (χ4v) is 2.31. The Balaban J connectivity index is 4.57. The zero-order valence-corrected chi connectivity index (χ0v) is 8.41. The van der Waals surface area contributed by atoms with Gasteiger partial charge in [0.05, 0.1) is 5.94 Å². The summed E-state index contributed by atoms with van der Waals surface area (Å²) in [5.74, 6) is -5.01. The van der Waals surface area contributed by atoms with Gasteiger partial charge in [-0.1, -0.05) is 0 Å². The summed E-state index contributed by atoms with van der Waals surface area (Å²) < 4.78 is 49.4. The Kier molecular flexibility index (Phi) is 4.55. The van der Waals surface area contributed by atoms with Crippen LogP contribution in [-0.2, 0) is 13.3 Å². The molecule has 0 unspecified atom stereocenters. The van der Waals surface area contributed by atoms with Crippen molar-refractivity contribution in [2.75, 3.05) is 20.2 Å². The molecule has 8 heteroatoms. The van der Waals surface area contributed by atoms with Crippen LogP contribution in [0.15, 0.2) is 0 Å². The molecule has 0 saturated carbocycles. The zero-order chi connectivity index (χ0) is 9.83. The lowest BCUT2D eigenvalue weighted by Gasteiger charge is -2.26. The summed E-state index contributed by atoms with van der Waals surface area (Å²) in [4.78, 5) is 0. The fraction of sp³-hybridized carbons (Fsp3) is 1.00. The lowest BCUT2D eigenvalue weighted by Crippen LogP contribution is -2.57. The maximum Gasteiger partial charge on any atom is 0.616 e. The van der Waals surface area contributed by atoms with Crippen LogP contribution in [0.4, 0.5) is 13.2 Å². The first-order valence-corrected chi connectivity index (χ1v) is 5.21. The highest BCUT2D eigenvalue weighted by molar-refractivity contribution is 7.80. The van der Waals surface area contributed by atoms with Crippen molar-refractivity contribution in [3.63, 3.8) is 0 Å². The van der Waals surface area contributed by atoms with Crippen LogP contribution in [0.2, 0.25) is 0 Å². The number of rotatable bonds is 4. The van der Waals surface area contributed by atoms with E-state index in [0.717, 1.165) is 14.2 Å². The topological polar surface area (TPSA) is 27.7 Å². The standard InChI is InChI=1S/C4H9F3O3SSi/c1-8-12(9-2,10-3-11)4(5,6)7/h11H,3H2,1-2H3. The summed E-state index contributed by atoms with van der Waals surface area (Å²) in [7, 11) is -2.73. The Morgan fingerprint density at radius 3 is 1.75 bits per heavy atom. The van der Waals surface area contributed by atoms with Crippen LogP contribution in [0, 0.1) is 0 Å². The second-order valence-corrected chi connectivity index (χ2v) is 4.78. The van der Waals surface area contributed by atoms with E-state index in [4.69, 9.17) is 0 Å². The van der Waals surface area contributed by atoms with Crippen molar-refractivity contribution >= 4 is 21.4 Å². The summed E-state index contributed by atoms with van der Waals surface area (Å²) in [6, 6.07) is 0. The van der Waals surface area contributed by atoms with Gasteiger partial charge in [-0.15, -0.1) is 0 Å². The Bertz CT molecular complexity index is 138. The molecule has 0 N–H and O–H groups in total. The van der Waals surface area contributed by atoms with Crippen LogP contribution in [0.1, 0.15) is 0 Å². The Hall–Kier alpha value is 0.237. The van der Waals surface area contributed by atoms with E-state index < -0.39 is 20.5 Å². The molecule has 0 aliphatic carbocycles. The van der Waals surface area contributed by atoms with E-state index in [-0.39, 0.29) is 0 Å². The van der Waals surface area contributed by atoms with Crippen molar-refractivity contribution in [1.29, 1.82) is 0 Å². The van der Waals surface area contributed by atoms with Gasteiger partial charge in [-0.2, -0.15) is 25.8 Å². The van der Waals surface area contributed by atoms with Crippen LogP contribution in [-0.4, -0.2) is 34.8 Å². The first-order valence-electron chi connectivity index (χ1n) is 2.85. The van der Waals surface area contributed by atoms with Crippen LogP contribution in [0.25, 0.3) is 0 Å². The van der Waals surface area contributed by atoms with Gasteiger partial charge in [-0.05, 0) is 0 Å². The van der Waals surface area contributed by atoms with Gasteiger partial charge in [0.25, 0.3) is 0 Å². The zero-order valence-electron chi connectivity index (χ0n) is 6.51. The van der Waals surface area contributed by atoms with Crippen molar-refractivity contribution < 1.29 is 26.4 Å². The monoisotopic (exact) mass is 222 g/mol. The Labute approximate surface area is 74.6 Å². The van der Waals surface area contributed by atoms with Crippen molar-refractivity contribution in [3.8, 4) is 0 Å². The first kappa shape index (κ1) is 12.2. The van der Waals surface area contributed by atoms with Crippen molar-refractivity contribution in [2.45, 2.75) is 5.80 Å². The van der Waals surface area contributed by atoms with E-state index in [1.165, 1.54) is 0 Å². The van der Waals surface area contributed by atoms with E-state index in [2.05, 4.69) is 25.9 Å². The lowest BCUT2D eigenvalue weighted by molar-refractivity contribution is -0.123. The number of thiol groups is 1. The van der Waals surface area contributed by atoms with Crippen LogP contribution in [0.5, 0.6) is 0 Å². The fourth-order valence-electron chi connectivity index (χ4n) is 0.599. The minimum absolute atomic E-state index is 0.395. The molecule has 0 saturated heterocycles. The highest BCUT2D eigenvalue weighted by Gasteiger charge is 2.65. The third-order valence-electron chi connectivity index (χ3n) is 1.14. The van der Waals surface area contributed by atoms with Gasteiger partial charge in [0.15, 0.2) is 0 Å². The van der Waals surface area contributed by atoms with E-state index in [1.54, 1.807) is 0 Å². The molecule has 0 aromatic heterocycles. The van der Waals surface area contributed by atoms with Crippen LogP contribution >= 0.6 is 12.6 Å². The van der Waals surface area contributed by atoms with Gasteiger partial charge in [-0.25, -0.2) is 0 Å². The van der Waals surface area contributed by atoms with E-state index in [9.17, 15) is 13.2 Å². The quantitative estimate of drug-likeness (QED) is 0.440. The van der Waals surface area contributed by atoms with Gasteiger partial charge >= 0.3 is 14.6 Å². The minimum Gasteiger partial charge on any atom is -0.371 e. The summed E-state index contributed by atoms with van der Waals surface area (Å²) in [6.07, 6.45) is 0. The van der Waals surface area contributed by atoms with Gasteiger partial charge in [0.2, 0.25) is 0 Å². The smallest absolute Gasteiger partial charge is 0.371 e. The molecular weight excluding hydrogens is 213 g/mol. The normalized spacial score (nSPS) is 13.5. The van der Waals surface area contributed by atoms with Gasteiger partial charge in [-0.3, -0.25) is 0 Å². The summed E-state index contributed by atoms with van der Waals surface area (Å²) in [6.45, 7) is 0. The lowest BCUT2D eigenvalue weighted by atomic mass is 11.5. The third-order valence-corrected chi connectivity index (χ3v) is 3.80. The number of alkyl halides is 3. The van der Waals surface area contributed by atoms with E-state index >= 15 is 0 Å². The maximum atomic E-state index is 12.2. The summed E-state index contributed by atoms with van der Waals surface area (Å²) in [5, 5.41) is 0. The molecule has 0 heterocycles. The minimum atomic E-state index is -4.61. The molecule has 0 rings (SSSR count). The van der Waals surface area contributed by atoms with Crippen molar-refractivity contribution in [3.05, 3.63) is 0 Å². The molecule has 0 aromatic carbocycles. The Morgan fingerprint density at radius 1 is 1.25 bits per heavy atom. The maximum absolute atomic E-state index is 12.2. The number of halogens is 3. The van der Waals surface area contributed by atoms with Crippen molar-refractivity contribution in [1.82, 2.24) is 0 Å². The van der Waals surface area contributed by atoms with Crippen molar-refractivity contribution in [2.24, 2.45) is 0 Å². The molecule has 0 amide bonds. The largest absolute Gasteiger partial charge is 0.616 e. The SMILES string of the molecule is CO[Si](OC)(OCS)C(F)(F)F. The summed E-state index contributed by atoms with van der Waals surface area (Å²) in [5.41, 5.74) is 0. The molecule has 0 radical (unpaired) electrons.